The zero-order valence-corrected chi connectivity index (χ0v) is 11.7. The Kier molecular flexibility index (Phi) is 4.43. The first kappa shape index (κ1) is 13.9. The van der Waals surface area contributed by atoms with Crippen molar-refractivity contribution in [2.45, 2.75) is 25.3 Å². The predicted octanol–water partition coefficient (Wildman–Crippen LogP) is 1.61. The molecule has 3 N–H and O–H groups in total. The predicted molar refractivity (Wildman–Crippen MR) is 78.4 cm³/mol. The van der Waals surface area contributed by atoms with Crippen LogP contribution in [-0.2, 0) is 0 Å². The molecule has 1 saturated carbocycles. The van der Waals surface area contributed by atoms with Gasteiger partial charge < -0.3 is 16.0 Å². The summed E-state index contributed by atoms with van der Waals surface area (Å²) in [7, 11) is 3.97. The molecule has 1 amide bonds. The highest BCUT2D eigenvalue weighted by atomic mass is 16.1. The van der Waals surface area contributed by atoms with Crippen molar-refractivity contribution >= 4 is 11.6 Å². The second-order valence-corrected chi connectivity index (χ2v) is 5.45. The normalized spacial score (nSPS) is 22.3. The van der Waals surface area contributed by atoms with Gasteiger partial charge in [0.1, 0.15) is 0 Å². The standard InChI is InChI=1S/C15H23N3O/c1-18(2)13-8-6-11(7-9-13)15(19)17-14-5-3-4-12(14)10-16/h6-9,12,14H,3-5,10,16H2,1-2H3,(H,17,19). The van der Waals surface area contributed by atoms with Gasteiger partial charge in [0.15, 0.2) is 0 Å². The number of nitrogens with zero attached hydrogens (tertiary/aromatic N) is 1. The van der Waals surface area contributed by atoms with E-state index in [1.54, 1.807) is 0 Å². The third-order valence-electron chi connectivity index (χ3n) is 3.92. The average Bonchev–Trinajstić information content (AvgIpc) is 2.86. The monoisotopic (exact) mass is 261 g/mol. The van der Waals surface area contributed by atoms with Gasteiger partial charge in [0, 0.05) is 31.4 Å². The fraction of sp³-hybridized carbons (Fsp3) is 0.533. The van der Waals surface area contributed by atoms with E-state index in [9.17, 15) is 4.79 Å². The average molecular weight is 261 g/mol. The van der Waals surface area contributed by atoms with Crippen LogP contribution in [0.25, 0.3) is 0 Å². The van der Waals surface area contributed by atoms with E-state index >= 15 is 0 Å². The highest BCUT2D eigenvalue weighted by Gasteiger charge is 2.27. The number of benzene rings is 1. The molecule has 0 aromatic heterocycles. The summed E-state index contributed by atoms with van der Waals surface area (Å²) in [6.07, 6.45) is 3.33. The van der Waals surface area contributed by atoms with E-state index in [1.807, 2.05) is 43.3 Å². The Morgan fingerprint density at radius 3 is 2.58 bits per heavy atom. The number of hydrogen-bond acceptors (Lipinski definition) is 3. The van der Waals surface area contributed by atoms with Crippen LogP contribution in [0.4, 0.5) is 5.69 Å². The van der Waals surface area contributed by atoms with Gasteiger partial charge in [0.2, 0.25) is 0 Å². The lowest BCUT2D eigenvalue weighted by atomic mass is 10.0. The van der Waals surface area contributed by atoms with Gasteiger partial charge in [-0.2, -0.15) is 0 Å². The van der Waals surface area contributed by atoms with Gasteiger partial charge in [-0.3, -0.25) is 4.79 Å². The Labute approximate surface area is 115 Å². The van der Waals surface area contributed by atoms with Crippen molar-refractivity contribution in [3.05, 3.63) is 29.8 Å². The van der Waals surface area contributed by atoms with E-state index in [1.165, 1.54) is 0 Å². The van der Waals surface area contributed by atoms with E-state index in [4.69, 9.17) is 5.73 Å². The van der Waals surface area contributed by atoms with Crippen molar-refractivity contribution in [3.63, 3.8) is 0 Å². The van der Waals surface area contributed by atoms with Crippen molar-refractivity contribution in [1.29, 1.82) is 0 Å². The molecule has 19 heavy (non-hydrogen) atoms. The van der Waals surface area contributed by atoms with Crippen LogP contribution < -0.4 is 16.0 Å². The number of hydrogen-bond donors (Lipinski definition) is 2. The first-order valence-electron chi connectivity index (χ1n) is 6.90. The lowest BCUT2D eigenvalue weighted by Crippen LogP contribution is -2.39. The van der Waals surface area contributed by atoms with Gasteiger partial charge >= 0.3 is 0 Å². The van der Waals surface area contributed by atoms with E-state index in [0.717, 1.165) is 24.9 Å². The molecule has 0 spiro atoms. The van der Waals surface area contributed by atoms with Crippen LogP contribution in [-0.4, -0.2) is 32.6 Å². The Morgan fingerprint density at radius 2 is 2.00 bits per heavy atom. The SMILES string of the molecule is CN(C)c1ccc(C(=O)NC2CCCC2CN)cc1. The second kappa shape index (κ2) is 6.06. The van der Waals surface area contributed by atoms with Crippen molar-refractivity contribution in [2.24, 2.45) is 11.7 Å². The number of nitrogens with two attached hydrogens (primary N) is 1. The molecule has 4 nitrogen and oxygen atoms in total. The van der Waals surface area contributed by atoms with Crippen molar-refractivity contribution in [2.75, 3.05) is 25.5 Å². The van der Waals surface area contributed by atoms with Crippen LogP contribution in [0.2, 0.25) is 0 Å². The Balaban J connectivity index is 1.99. The van der Waals surface area contributed by atoms with Crippen LogP contribution in [0, 0.1) is 5.92 Å². The van der Waals surface area contributed by atoms with E-state index in [2.05, 4.69) is 5.32 Å². The van der Waals surface area contributed by atoms with Gasteiger partial charge in [-0.15, -0.1) is 0 Å². The molecule has 1 fully saturated rings. The third kappa shape index (κ3) is 3.26. The molecular weight excluding hydrogens is 238 g/mol. The molecule has 1 aromatic carbocycles. The molecule has 104 valence electrons. The van der Waals surface area contributed by atoms with Crippen molar-refractivity contribution in [3.8, 4) is 0 Å². The molecule has 2 atom stereocenters. The third-order valence-corrected chi connectivity index (χ3v) is 3.92. The Bertz CT molecular complexity index is 428. The fourth-order valence-corrected chi connectivity index (χ4v) is 2.67. The lowest BCUT2D eigenvalue weighted by molar-refractivity contribution is 0.0929. The maximum Gasteiger partial charge on any atom is 0.251 e. The summed E-state index contributed by atoms with van der Waals surface area (Å²) in [4.78, 5) is 14.2. The smallest absolute Gasteiger partial charge is 0.251 e. The minimum Gasteiger partial charge on any atom is -0.378 e. The maximum atomic E-state index is 12.2. The van der Waals surface area contributed by atoms with E-state index in [0.29, 0.717) is 18.0 Å². The zero-order chi connectivity index (χ0) is 13.8. The van der Waals surface area contributed by atoms with Gasteiger partial charge in [-0.1, -0.05) is 6.42 Å². The molecule has 2 rings (SSSR count). The highest BCUT2D eigenvalue weighted by Crippen LogP contribution is 2.25. The maximum absolute atomic E-state index is 12.2. The molecule has 1 aromatic rings. The second-order valence-electron chi connectivity index (χ2n) is 5.45. The summed E-state index contributed by atoms with van der Waals surface area (Å²) in [5.74, 6) is 0.445. The van der Waals surface area contributed by atoms with Crippen LogP contribution in [0.5, 0.6) is 0 Å². The topological polar surface area (TPSA) is 58.4 Å². The van der Waals surface area contributed by atoms with Gasteiger partial charge in [-0.25, -0.2) is 0 Å². The lowest BCUT2D eigenvalue weighted by Gasteiger charge is -2.19. The molecule has 0 saturated heterocycles. The van der Waals surface area contributed by atoms with E-state index < -0.39 is 0 Å². The quantitative estimate of drug-likeness (QED) is 0.865. The fourth-order valence-electron chi connectivity index (χ4n) is 2.67. The number of carbonyl (C=O) groups excluding carboxylic acids is 1. The summed E-state index contributed by atoms with van der Waals surface area (Å²) in [6.45, 7) is 0.657. The van der Waals surface area contributed by atoms with Crippen LogP contribution in [0.15, 0.2) is 24.3 Å². The van der Waals surface area contributed by atoms with Crippen LogP contribution >= 0.6 is 0 Å². The van der Waals surface area contributed by atoms with Crippen LogP contribution in [0.3, 0.4) is 0 Å². The molecular formula is C15H23N3O. The highest BCUT2D eigenvalue weighted by molar-refractivity contribution is 5.94. The van der Waals surface area contributed by atoms with E-state index in [-0.39, 0.29) is 11.9 Å². The Morgan fingerprint density at radius 1 is 1.32 bits per heavy atom. The number of amides is 1. The first-order valence-corrected chi connectivity index (χ1v) is 6.90. The molecule has 0 bridgehead atoms. The molecule has 0 aliphatic heterocycles. The molecule has 4 heteroatoms. The minimum atomic E-state index is 0.00987. The van der Waals surface area contributed by atoms with Crippen molar-refractivity contribution < 1.29 is 4.79 Å². The molecule has 1 aliphatic rings. The number of nitrogens with one attached hydrogen (secondary N) is 1. The molecule has 1 aliphatic carbocycles. The number of rotatable bonds is 4. The van der Waals surface area contributed by atoms with Crippen LogP contribution in [0.1, 0.15) is 29.6 Å². The summed E-state index contributed by atoms with van der Waals surface area (Å²) in [5.41, 5.74) is 7.55. The summed E-state index contributed by atoms with van der Waals surface area (Å²) in [6, 6.07) is 7.91. The number of carbonyl (C=O) groups is 1. The molecule has 0 radical (unpaired) electrons. The summed E-state index contributed by atoms with van der Waals surface area (Å²) in [5, 5.41) is 3.11. The van der Waals surface area contributed by atoms with Gasteiger partial charge in [-0.05, 0) is 49.6 Å². The van der Waals surface area contributed by atoms with Gasteiger partial charge in [0.25, 0.3) is 5.91 Å². The van der Waals surface area contributed by atoms with Crippen molar-refractivity contribution in [1.82, 2.24) is 5.32 Å². The largest absolute Gasteiger partial charge is 0.378 e. The molecule has 0 heterocycles. The zero-order valence-electron chi connectivity index (χ0n) is 11.7. The Hall–Kier alpha value is -1.55. The minimum absolute atomic E-state index is 0.00987. The summed E-state index contributed by atoms with van der Waals surface area (Å²) < 4.78 is 0. The van der Waals surface area contributed by atoms with Gasteiger partial charge in [0.05, 0.1) is 0 Å². The first-order chi connectivity index (χ1) is 9.11. The number of anilines is 1. The summed E-state index contributed by atoms with van der Waals surface area (Å²) >= 11 is 0. The molecule has 2 unspecified atom stereocenters.